The first-order valence-electron chi connectivity index (χ1n) is 4.67. The Morgan fingerprint density at radius 3 is 2.75 bits per heavy atom. The number of aliphatic carboxylic acids is 1. The van der Waals surface area contributed by atoms with E-state index in [0.29, 0.717) is 6.54 Å². The molecule has 0 saturated heterocycles. The van der Waals surface area contributed by atoms with Crippen LogP contribution in [-0.2, 0) is 4.79 Å². The van der Waals surface area contributed by atoms with Crippen molar-refractivity contribution >= 4 is 23.5 Å². The number of aromatic nitrogens is 1. The summed E-state index contributed by atoms with van der Waals surface area (Å²) < 4.78 is 0. The second-order valence-electron chi connectivity index (χ2n) is 3.05. The van der Waals surface area contributed by atoms with Crippen LogP contribution in [0.1, 0.15) is 17.3 Å². The molecule has 0 spiro atoms. The third kappa shape index (κ3) is 2.93. The minimum atomic E-state index is -1.06. The van der Waals surface area contributed by atoms with Gasteiger partial charge in [0.15, 0.2) is 0 Å². The number of halogens is 1. The lowest BCUT2D eigenvalue weighted by Crippen LogP contribution is -2.35. The summed E-state index contributed by atoms with van der Waals surface area (Å²) in [5.74, 6) is -1.49. The van der Waals surface area contributed by atoms with Crippen LogP contribution in [-0.4, -0.2) is 40.0 Å². The molecule has 86 valence electrons. The van der Waals surface area contributed by atoms with Crippen molar-refractivity contribution in [1.29, 1.82) is 0 Å². The lowest BCUT2D eigenvalue weighted by atomic mass is 10.2. The van der Waals surface area contributed by atoms with E-state index in [1.807, 2.05) is 0 Å². The summed E-state index contributed by atoms with van der Waals surface area (Å²) in [5, 5.41) is 8.72. The molecule has 1 amide bonds. The molecule has 0 aliphatic rings. The first-order chi connectivity index (χ1) is 7.56. The number of carbonyl (C=O) groups is 2. The fourth-order valence-electron chi connectivity index (χ4n) is 1.21. The van der Waals surface area contributed by atoms with Crippen LogP contribution in [0, 0.1) is 0 Å². The second-order valence-corrected chi connectivity index (χ2v) is 3.41. The fraction of sp³-hybridized carbons (Fsp3) is 0.300. The highest BCUT2D eigenvalue weighted by Crippen LogP contribution is 2.13. The molecule has 0 radical (unpaired) electrons. The van der Waals surface area contributed by atoms with E-state index in [4.69, 9.17) is 16.7 Å². The van der Waals surface area contributed by atoms with Gasteiger partial charge >= 0.3 is 5.97 Å². The monoisotopic (exact) mass is 242 g/mol. The summed E-state index contributed by atoms with van der Waals surface area (Å²) in [4.78, 5) is 27.4. The molecule has 0 atom stereocenters. The largest absolute Gasteiger partial charge is 0.480 e. The summed E-state index contributed by atoms with van der Waals surface area (Å²) in [6, 6.07) is 3.09. The van der Waals surface area contributed by atoms with Crippen molar-refractivity contribution in [1.82, 2.24) is 9.88 Å². The summed E-state index contributed by atoms with van der Waals surface area (Å²) in [6.45, 7) is 1.65. The number of rotatable bonds is 4. The Labute approximate surface area is 97.7 Å². The van der Waals surface area contributed by atoms with Crippen LogP contribution in [0.3, 0.4) is 0 Å². The van der Waals surface area contributed by atoms with Gasteiger partial charge in [0.25, 0.3) is 5.91 Å². The highest BCUT2D eigenvalue weighted by atomic mass is 35.5. The molecule has 0 saturated carbocycles. The number of carbonyl (C=O) groups excluding carboxylic acids is 1. The van der Waals surface area contributed by atoms with E-state index in [-0.39, 0.29) is 17.3 Å². The molecule has 16 heavy (non-hydrogen) atoms. The molecule has 0 aromatic carbocycles. The summed E-state index contributed by atoms with van der Waals surface area (Å²) in [6.07, 6.45) is 1.46. The standard InChI is InChI=1S/C10H11ClN2O3/c1-2-13(6-8(14)15)10(16)7-4-3-5-12-9(7)11/h3-5H,2,6H2,1H3,(H,14,15). The smallest absolute Gasteiger partial charge is 0.323 e. The van der Waals surface area contributed by atoms with Crippen molar-refractivity contribution in [2.75, 3.05) is 13.1 Å². The van der Waals surface area contributed by atoms with E-state index in [1.165, 1.54) is 17.2 Å². The van der Waals surface area contributed by atoms with Crippen LogP contribution in [0.5, 0.6) is 0 Å². The zero-order valence-corrected chi connectivity index (χ0v) is 9.44. The topological polar surface area (TPSA) is 70.5 Å². The van der Waals surface area contributed by atoms with Gasteiger partial charge in [-0.2, -0.15) is 0 Å². The van der Waals surface area contributed by atoms with Crippen molar-refractivity contribution in [3.8, 4) is 0 Å². The van der Waals surface area contributed by atoms with E-state index in [2.05, 4.69) is 4.98 Å². The molecule has 5 nitrogen and oxygen atoms in total. The Bertz CT molecular complexity index is 409. The normalized spacial score (nSPS) is 9.88. The van der Waals surface area contributed by atoms with E-state index >= 15 is 0 Å². The van der Waals surface area contributed by atoms with Gasteiger partial charge in [0.1, 0.15) is 11.7 Å². The third-order valence-corrected chi connectivity index (χ3v) is 2.29. The predicted molar refractivity (Wildman–Crippen MR) is 58.5 cm³/mol. The SMILES string of the molecule is CCN(CC(=O)O)C(=O)c1cccnc1Cl. The van der Waals surface area contributed by atoms with Crippen LogP contribution in [0.25, 0.3) is 0 Å². The molecule has 0 fully saturated rings. The maximum atomic E-state index is 11.9. The molecule has 0 unspecified atom stereocenters. The van der Waals surface area contributed by atoms with Gasteiger partial charge in [-0.15, -0.1) is 0 Å². The van der Waals surface area contributed by atoms with E-state index < -0.39 is 11.9 Å². The van der Waals surface area contributed by atoms with Crippen LogP contribution in [0.4, 0.5) is 0 Å². The van der Waals surface area contributed by atoms with Gasteiger partial charge in [0.05, 0.1) is 5.56 Å². The van der Waals surface area contributed by atoms with Gasteiger partial charge in [-0.1, -0.05) is 11.6 Å². The van der Waals surface area contributed by atoms with Crippen LogP contribution < -0.4 is 0 Å². The Morgan fingerprint density at radius 1 is 1.56 bits per heavy atom. The molecular formula is C10H11ClN2O3. The number of pyridine rings is 1. The average molecular weight is 243 g/mol. The third-order valence-electron chi connectivity index (χ3n) is 1.98. The summed E-state index contributed by atoms with van der Waals surface area (Å²) in [7, 11) is 0. The maximum absolute atomic E-state index is 11.9. The molecule has 1 heterocycles. The highest BCUT2D eigenvalue weighted by Gasteiger charge is 2.19. The van der Waals surface area contributed by atoms with Gasteiger partial charge in [-0.3, -0.25) is 9.59 Å². The number of likely N-dealkylation sites (N-methyl/N-ethyl adjacent to an activating group) is 1. The molecule has 6 heteroatoms. The van der Waals surface area contributed by atoms with Crippen molar-refractivity contribution in [3.05, 3.63) is 29.0 Å². The average Bonchev–Trinajstić information content (AvgIpc) is 2.25. The Hall–Kier alpha value is -1.62. The van der Waals surface area contributed by atoms with Gasteiger partial charge in [0, 0.05) is 12.7 Å². The minimum absolute atomic E-state index is 0.0799. The lowest BCUT2D eigenvalue weighted by molar-refractivity contribution is -0.137. The van der Waals surface area contributed by atoms with E-state index in [9.17, 15) is 9.59 Å². The minimum Gasteiger partial charge on any atom is -0.480 e. The fourth-order valence-corrected chi connectivity index (χ4v) is 1.41. The van der Waals surface area contributed by atoms with Gasteiger partial charge < -0.3 is 10.0 Å². The number of carboxylic acid groups (broad SMARTS) is 1. The number of hydrogen-bond acceptors (Lipinski definition) is 3. The molecule has 0 aliphatic carbocycles. The van der Waals surface area contributed by atoms with Crippen LogP contribution >= 0.6 is 11.6 Å². The lowest BCUT2D eigenvalue weighted by Gasteiger charge is -2.18. The van der Waals surface area contributed by atoms with E-state index in [1.54, 1.807) is 13.0 Å². The second kappa shape index (κ2) is 5.46. The van der Waals surface area contributed by atoms with Gasteiger partial charge in [-0.25, -0.2) is 4.98 Å². The highest BCUT2D eigenvalue weighted by molar-refractivity contribution is 6.32. The molecule has 0 bridgehead atoms. The summed E-state index contributed by atoms with van der Waals surface area (Å²) in [5.41, 5.74) is 0.215. The van der Waals surface area contributed by atoms with Gasteiger partial charge in [-0.05, 0) is 19.1 Å². The number of amides is 1. The molecule has 1 aromatic rings. The zero-order valence-electron chi connectivity index (χ0n) is 8.68. The molecule has 1 aromatic heterocycles. The number of carboxylic acids is 1. The van der Waals surface area contributed by atoms with Crippen molar-refractivity contribution in [2.24, 2.45) is 0 Å². The summed E-state index contributed by atoms with van der Waals surface area (Å²) >= 11 is 5.75. The quantitative estimate of drug-likeness (QED) is 0.808. The van der Waals surface area contributed by atoms with Crippen LogP contribution in [0.15, 0.2) is 18.3 Å². The molecular weight excluding hydrogens is 232 g/mol. The van der Waals surface area contributed by atoms with E-state index in [0.717, 1.165) is 0 Å². The number of hydrogen-bond donors (Lipinski definition) is 1. The first kappa shape index (κ1) is 12.4. The van der Waals surface area contributed by atoms with Crippen molar-refractivity contribution in [2.45, 2.75) is 6.92 Å². The Morgan fingerprint density at radius 2 is 2.25 bits per heavy atom. The van der Waals surface area contributed by atoms with Crippen LogP contribution in [0.2, 0.25) is 5.15 Å². The first-order valence-corrected chi connectivity index (χ1v) is 5.05. The molecule has 1 rings (SSSR count). The zero-order chi connectivity index (χ0) is 12.1. The predicted octanol–water partition coefficient (Wildman–Crippen LogP) is 1.28. The molecule has 0 aliphatic heterocycles. The maximum Gasteiger partial charge on any atom is 0.323 e. The van der Waals surface area contributed by atoms with Crippen molar-refractivity contribution < 1.29 is 14.7 Å². The Kier molecular flexibility index (Phi) is 4.25. The number of nitrogens with zero attached hydrogens (tertiary/aromatic N) is 2. The Balaban J connectivity index is 2.91. The van der Waals surface area contributed by atoms with Gasteiger partial charge in [0.2, 0.25) is 0 Å². The molecule has 1 N–H and O–H groups in total. The van der Waals surface area contributed by atoms with Crippen molar-refractivity contribution in [3.63, 3.8) is 0 Å².